The number of thiazole rings is 1. The fourth-order valence-electron chi connectivity index (χ4n) is 3.02. The maximum absolute atomic E-state index is 12.5. The van der Waals surface area contributed by atoms with Crippen LogP contribution in [0.4, 0.5) is 0 Å². The van der Waals surface area contributed by atoms with Crippen molar-refractivity contribution < 1.29 is 9.90 Å². The van der Waals surface area contributed by atoms with Crippen LogP contribution in [0.2, 0.25) is 5.02 Å². The molecule has 1 saturated heterocycles. The maximum atomic E-state index is 12.5. The van der Waals surface area contributed by atoms with Crippen molar-refractivity contribution in [3.63, 3.8) is 0 Å². The van der Waals surface area contributed by atoms with E-state index in [-0.39, 0.29) is 11.8 Å². The van der Waals surface area contributed by atoms with Gasteiger partial charge in [0.2, 0.25) is 0 Å². The molecule has 3 rings (SSSR count). The Hall–Kier alpha value is -1.47. The van der Waals surface area contributed by atoms with Gasteiger partial charge in [-0.05, 0) is 36.5 Å². The number of carbonyl (C=O) groups is 1. The molecule has 1 aliphatic rings. The van der Waals surface area contributed by atoms with E-state index in [2.05, 4.69) is 4.98 Å². The number of halogens is 1. The number of hydrogen-bond acceptors (Lipinski definition) is 5. The Labute approximate surface area is 150 Å². The number of piperidine rings is 1. The number of carbonyl (C=O) groups excluding carboxylic acids is 1. The fraction of sp³-hybridized carbons (Fsp3) is 0.412. The lowest BCUT2D eigenvalue weighted by Gasteiger charge is -2.34. The number of aliphatic hydroxyl groups is 1. The molecule has 0 bridgehead atoms. The molecule has 2 aromatic rings. The molecule has 0 spiro atoms. The molecule has 0 radical (unpaired) electrons. The highest BCUT2D eigenvalue weighted by atomic mass is 35.5. The quantitative estimate of drug-likeness (QED) is 0.873. The van der Waals surface area contributed by atoms with Crippen LogP contribution in [0.5, 0.6) is 0 Å². The van der Waals surface area contributed by atoms with Crippen molar-refractivity contribution in [2.45, 2.75) is 25.5 Å². The molecule has 2 heterocycles. The lowest BCUT2D eigenvalue weighted by molar-refractivity contribution is 0.0459. The Balaban J connectivity index is 1.58. The molecule has 1 aromatic carbocycles. The largest absolute Gasteiger partial charge is 0.388 e. The molecule has 0 saturated carbocycles. The van der Waals surface area contributed by atoms with Crippen LogP contribution in [-0.2, 0) is 6.54 Å². The molecule has 1 fully saturated rings. The van der Waals surface area contributed by atoms with Gasteiger partial charge in [-0.2, -0.15) is 0 Å². The van der Waals surface area contributed by atoms with E-state index >= 15 is 0 Å². The maximum Gasteiger partial charge on any atom is 0.273 e. The number of aliphatic hydroxyl groups excluding tert-OH is 1. The number of nitrogens with two attached hydrogens (primary N) is 1. The Morgan fingerprint density at radius 3 is 2.62 bits per heavy atom. The Kier molecular flexibility index (Phi) is 5.50. The summed E-state index contributed by atoms with van der Waals surface area (Å²) in [6, 6.07) is 7.29. The van der Waals surface area contributed by atoms with E-state index in [1.807, 2.05) is 12.1 Å². The molecule has 7 heteroatoms. The average Bonchev–Trinajstić information content (AvgIpc) is 3.10. The number of amides is 1. The Morgan fingerprint density at radius 2 is 2.04 bits per heavy atom. The van der Waals surface area contributed by atoms with E-state index in [1.165, 1.54) is 11.3 Å². The van der Waals surface area contributed by atoms with Gasteiger partial charge < -0.3 is 15.7 Å². The number of benzene rings is 1. The third-order valence-corrected chi connectivity index (χ3v) is 5.55. The lowest BCUT2D eigenvalue weighted by Crippen LogP contribution is -2.40. The third-order valence-electron chi connectivity index (χ3n) is 4.43. The summed E-state index contributed by atoms with van der Waals surface area (Å²) in [6.07, 6.45) is 1.01. The summed E-state index contributed by atoms with van der Waals surface area (Å²) in [6.45, 7) is 1.61. The van der Waals surface area contributed by atoms with Gasteiger partial charge in [-0.15, -0.1) is 11.3 Å². The molecular weight excluding hydrogens is 346 g/mol. The van der Waals surface area contributed by atoms with Gasteiger partial charge in [-0.25, -0.2) is 4.98 Å². The molecular formula is C17H20ClN3O2S. The monoisotopic (exact) mass is 365 g/mol. The number of nitrogens with zero attached hydrogens (tertiary/aromatic N) is 2. The second-order valence-electron chi connectivity index (χ2n) is 5.96. The zero-order valence-electron chi connectivity index (χ0n) is 13.2. The topological polar surface area (TPSA) is 79.5 Å². The average molecular weight is 366 g/mol. The van der Waals surface area contributed by atoms with Crippen molar-refractivity contribution in [2.75, 3.05) is 13.1 Å². The van der Waals surface area contributed by atoms with Crippen molar-refractivity contribution in [3.05, 3.63) is 50.9 Å². The molecule has 1 aliphatic heterocycles. The summed E-state index contributed by atoms with van der Waals surface area (Å²) >= 11 is 7.30. The van der Waals surface area contributed by atoms with Crippen LogP contribution < -0.4 is 5.73 Å². The minimum atomic E-state index is -0.525. The van der Waals surface area contributed by atoms with Gasteiger partial charge in [-0.1, -0.05) is 23.7 Å². The Bertz CT molecular complexity index is 696. The van der Waals surface area contributed by atoms with Gasteiger partial charge in [0.25, 0.3) is 5.91 Å². The highest BCUT2D eigenvalue weighted by Crippen LogP contribution is 2.31. The molecule has 5 nitrogen and oxygen atoms in total. The second-order valence-corrected chi connectivity index (χ2v) is 7.34. The molecule has 24 heavy (non-hydrogen) atoms. The first-order valence-corrected chi connectivity index (χ1v) is 9.21. The third kappa shape index (κ3) is 3.78. The predicted octanol–water partition coefficient (Wildman–Crippen LogP) is 2.84. The van der Waals surface area contributed by atoms with Gasteiger partial charge >= 0.3 is 0 Å². The lowest BCUT2D eigenvalue weighted by atomic mass is 9.87. The molecule has 3 N–H and O–H groups in total. The molecule has 1 unspecified atom stereocenters. The first kappa shape index (κ1) is 17.4. The normalized spacial score (nSPS) is 17.0. The SMILES string of the molecule is NCc1nc(C(=O)N2CCC(C(O)c3ccc(Cl)cc3)CC2)cs1. The summed E-state index contributed by atoms with van der Waals surface area (Å²) in [5.41, 5.74) is 6.89. The second kappa shape index (κ2) is 7.61. The summed E-state index contributed by atoms with van der Waals surface area (Å²) in [5.74, 6) is 0.0932. The van der Waals surface area contributed by atoms with Crippen molar-refractivity contribution in [3.8, 4) is 0 Å². The molecule has 1 aromatic heterocycles. The van der Waals surface area contributed by atoms with Crippen LogP contribution >= 0.6 is 22.9 Å². The predicted molar refractivity (Wildman–Crippen MR) is 95.0 cm³/mol. The van der Waals surface area contributed by atoms with Crippen LogP contribution in [-0.4, -0.2) is 34.0 Å². The van der Waals surface area contributed by atoms with Gasteiger partial charge in [0, 0.05) is 30.0 Å². The zero-order valence-corrected chi connectivity index (χ0v) is 14.8. The van der Waals surface area contributed by atoms with Crippen LogP contribution in [0, 0.1) is 5.92 Å². The van der Waals surface area contributed by atoms with Crippen LogP contribution in [0.25, 0.3) is 0 Å². The zero-order chi connectivity index (χ0) is 17.1. The molecule has 1 amide bonds. The van der Waals surface area contributed by atoms with E-state index in [9.17, 15) is 9.90 Å². The van der Waals surface area contributed by atoms with E-state index in [0.29, 0.717) is 30.4 Å². The highest BCUT2D eigenvalue weighted by Gasteiger charge is 2.29. The molecule has 1 atom stereocenters. The summed E-state index contributed by atoms with van der Waals surface area (Å²) in [7, 11) is 0. The number of aromatic nitrogens is 1. The van der Waals surface area contributed by atoms with Gasteiger partial charge in [-0.3, -0.25) is 4.79 Å². The van der Waals surface area contributed by atoms with Crippen molar-refractivity contribution in [1.29, 1.82) is 0 Å². The minimum absolute atomic E-state index is 0.0506. The minimum Gasteiger partial charge on any atom is -0.388 e. The number of rotatable bonds is 4. The van der Waals surface area contributed by atoms with Crippen LogP contribution in [0.15, 0.2) is 29.6 Å². The van der Waals surface area contributed by atoms with Crippen molar-refractivity contribution >= 4 is 28.8 Å². The number of likely N-dealkylation sites (tertiary alicyclic amines) is 1. The standard InChI is InChI=1S/C17H20ClN3O2S/c18-13-3-1-11(2-4-13)16(22)12-5-7-21(8-6-12)17(23)14-10-24-15(9-19)20-14/h1-4,10,12,16,22H,5-9,19H2. The first-order valence-electron chi connectivity index (χ1n) is 7.95. The first-order chi connectivity index (χ1) is 11.6. The van der Waals surface area contributed by atoms with E-state index < -0.39 is 6.10 Å². The van der Waals surface area contributed by atoms with Gasteiger partial charge in [0.1, 0.15) is 10.7 Å². The van der Waals surface area contributed by atoms with E-state index in [0.717, 1.165) is 23.4 Å². The highest BCUT2D eigenvalue weighted by molar-refractivity contribution is 7.09. The molecule has 0 aliphatic carbocycles. The summed E-state index contributed by atoms with van der Waals surface area (Å²) < 4.78 is 0. The van der Waals surface area contributed by atoms with Crippen molar-refractivity contribution in [2.24, 2.45) is 11.7 Å². The van der Waals surface area contributed by atoms with Gasteiger partial charge in [0.05, 0.1) is 6.10 Å². The fourth-order valence-corrected chi connectivity index (χ4v) is 3.79. The van der Waals surface area contributed by atoms with E-state index in [4.69, 9.17) is 17.3 Å². The smallest absolute Gasteiger partial charge is 0.273 e. The van der Waals surface area contributed by atoms with E-state index in [1.54, 1.807) is 22.4 Å². The number of hydrogen-bond donors (Lipinski definition) is 2. The van der Waals surface area contributed by atoms with Crippen molar-refractivity contribution in [1.82, 2.24) is 9.88 Å². The van der Waals surface area contributed by atoms with Crippen LogP contribution in [0.3, 0.4) is 0 Å². The van der Waals surface area contributed by atoms with Crippen LogP contribution in [0.1, 0.15) is 40.0 Å². The molecule has 128 valence electrons. The van der Waals surface area contributed by atoms with Gasteiger partial charge in [0.15, 0.2) is 0 Å². The summed E-state index contributed by atoms with van der Waals surface area (Å²) in [4.78, 5) is 18.5. The summed E-state index contributed by atoms with van der Waals surface area (Å²) in [5, 5.41) is 13.7. The Morgan fingerprint density at radius 1 is 1.38 bits per heavy atom.